The number of halogens is 2. The summed E-state index contributed by atoms with van der Waals surface area (Å²) in [5, 5.41) is 7.15. The molecular formula is C20H22F2N4O2. The monoisotopic (exact) mass is 388 g/mol. The normalized spacial score (nSPS) is 16.8. The molecule has 148 valence electrons. The van der Waals surface area contributed by atoms with E-state index in [0.29, 0.717) is 18.7 Å². The fourth-order valence-corrected chi connectivity index (χ4v) is 3.87. The molecule has 1 aromatic heterocycles. The first-order valence-corrected chi connectivity index (χ1v) is 9.60. The summed E-state index contributed by atoms with van der Waals surface area (Å²) < 4.78 is 26.9. The van der Waals surface area contributed by atoms with Crippen molar-refractivity contribution in [3.63, 3.8) is 0 Å². The van der Waals surface area contributed by atoms with Crippen LogP contribution in [0.4, 0.5) is 8.78 Å². The van der Waals surface area contributed by atoms with E-state index in [1.807, 2.05) is 4.90 Å². The average Bonchev–Trinajstić information content (AvgIpc) is 3.13. The Balaban J connectivity index is 1.48. The molecule has 0 unspecified atom stereocenters. The summed E-state index contributed by atoms with van der Waals surface area (Å²) in [7, 11) is 0. The van der Waals surface area contributed by atoms with Crippen LogP contribution in [-0.4, -0.2) is 51.4 Å². The van der Waals surface area contributed by atoms with Crippen LogP contribution in [0.3, 0.4) is 0 Å². The van der Waals surface area contributed by atoms with Crippen molar-refractivity contribution in [3.05, 3.63) is 52.3 Å². The van der Waals surface area contributed by atoms with E-state index in [9.17, 15) is 18.4 Å². The Kier molecular flexibility index (Phi) is 5.11. The number of H-pyrrole nitrogens is 1. The first-order chi connectivity index (χ1) is 13.5. The van der Waals surface area contributed by atoms with Gasteiger partial charge in [-0.2, -0.15) is 5.10 Å². The number of carbonyl (C=O) groups is 2. The lowest BCUT2D eigenvalue weighted by atomic mass is 10.0. The largest absolute Gasteiger partial charge is 0.338 e. The van der Waals surface area contributed by atoms with Crippen LogP contribution >= 0.6 is 0 Å². The summed E-state index contributed by atoms with van der Waals surface area (Å²) in [5.41, 5.74) is 2.16. The van der Waals surface area contributed by atoms with Crippen molar-refractivity contribution in [3.8, 4) is 0 Å². The molecule has 8 heteroatoms. The third-order valence-electron chi connectivity index (χ3n) is 5.49. The maximum atomic E-state index is 13.9. The van der Waals surface area contributed by atoms with Gasteiger partial charge in [0.05, 0.1) is 6.42 Å². The lowest BCUT2D eigenvalue weighted by Crippen LogP contribution is -2.39. The SMILES string of the molecule is O=C(Cc1ccc(F)cc1F)N1CCc2[nH]nc(C(=O)N3CCCCC3)c2C1. The lowest BCUT2D eigenvalue weighted by molar-refractivity contribution is -0.131. The lowest BCUT2D eigenvalue weighted by Gasteiger charge is -2.29. The third kappa shape index (κ3) is 3.63. The average molecular weight is 388 g/mol. The van der Waals surface area contributed by atoms with Crippen molar-refractivity contribution >= 4 is 11.8 Å². The molecule has 28 heavy (non-hydrogen) atoms. The van der Waals surface area contributed by atoms with Gasteiger partial charge in [-0.05, 0) is 30.9 Å². The summed E-state index contributed by atoms with van der Waals surface area (Å²) in [5.74, 6) is -1.75. The predicted octanol–water partition coefficient (Wildman–Crippen LogP) is 2.44. The van der Waals surface area contributed by atoms with Crippen molar-refractivity contribution in [1.82, 2.24) is 20.0 Å². The highest BCUT2D eigenvalue weighted by molar-refractivity contribution is 5.94. The molecule has 2 aromatic rings. The molecular weight excluding hydrogens is 366 g/mol. The molecule has 2 aliphatic rings. The van der Waals surface area contributed by atoms with Crippen molar-refractivity contribution in [1.29, 1.82) is 0 Å². The van der Waals surface area contributed by atoms with E-state index >= 15 is 0 Å². The number of hydrogen-bond acceptors (Lipinski definition) is 3. The van der Waals surface area contributed by atoms with Crippen LogP contribution in [0.1, 0.15) is 46.6 Å². The molecule has 1 aromatic carbocycles. The zero-order chi connectivity index (χ0) is 19.7. The molecule has 0 aliphatic carbocycles. The number of piperidine rings is 1. The topological polar surface area (TPSA) is 69.3 Å². The first-order valence-electron chi connectivity index (χ1n) is 9.60. The highest BCUT2D eigenvalue weighted by atomic mass is 19.1. The maximum absolute atomic E-state index is 13.9. The van der Waals surface area contributed by atoms with E-state index in [0.717, 1.165) is 55.7 Å². The van der Waals surface area contributed by atoms with Gasteiger partial charge >= 0.3 is 0 Å². The molecule has 1 saturated heterocycles. The van der Waals surface area contributed by atoms with Gasteiger partial charge in [-0.1, -0.05) is 6.07 Å². The number of aromatic nitrogens is 2. The summed E-state index contributed by atoms with van der Waals surface area (Å²) >= 11 is 0. The molecule has 0 bridgehead atoms. The number of nitrogens with one attached hydrogen (secondary N) is 1. The number of nitrogens with zero attached hydrogens (tertiary/aromatic N) is 3. The Labute approximate surface area is 161 Å². The molecule has 2 amide bonds. The van der Waals surface area contributed by atoms with Gasteiger partial charge in [0.1, 0.15) is 11.6 Å². The molecule has 6 nitrogen and oxygen atoms in total. The number of rotatable bonds is 3. The molecule has 0 saturated carbocycles. The number of benzene rings is 1. The van der Waals surface area contributed by atoms with Gasteiger partial charge in [0.15, 0.2) is 5.69 Å². The van der Waals surface area contributed by atoms with Crippen LogP contribution in [0.5, 0.6) is 0 Å². The van der Waals surface area contributed by atoms with Gasteiger partial charge < -0.3 is 9.80 Å². The number of likely N-dealkylation sites (tertiary alicyclic amines) is 1. The molecule has 2 aliphatic heterocycles. The summed E-state index contributed by atoms with van der Waals surface area (Å²) in [6.45, 7) is 2.19. The first kappa shape index (κ1) is 18.6. The van der Waals surface area contributed by atoms with E-state index in [1.165, 1.54) is 6.07 Å². The van der Waals surface area contributed by atoms with Crippen molar-refractivity contribution in [2.45, 2.75) is 38.6 Å². The minimum absolute atomic E-state index is 0.101. The minimum Gasteiger partial charge on any atom is -0.338 e. The van der Waals surface area contributed by atoms with Gasteiger partial charge in [-0.3, -0.25) is 14.7 Å². The number of carbonyl (C=O) groups excluding carboxylic acids is 2. The smallest absolute Gasteiger partial charge is 0.274 e. The number of amides is 2. The van der Waals surface area contributed by atoms with Crippen LogP contribution in [0.25, 0.3) is 0 Å². The van der Waals surface area contributed by atoms with Crippen LogP contribution in [-0.2, 0) is 24.2 Å². The second kappa shape index (κ2) is 7.69. The molecule has 3 heterocycles. The van der Waals surface area contributed by atoms with E-state index in [-0.39, 0.29) is 30.3 Å². The maximum Gasteiger partial charge on any atom is 0.274 e. The zero-order valence-electron chi connectivity index (χ0n) is 15.5. The van der Waals surface area contributed by atoms with E-state index < -0.39 is 11.6 Å². The number of fused-ring (bicyclic) bond motifs is 1. The van der Waals surface area contributed by atoms with Gasteiger partial charge in [0, 0.05) is 49.9 Å². The second-order valence-corrected chi connectivity index (χ2v) is 7.36. The number of aromatic amines is 1. The summed E-state index contributed by atoms with van der Waals surface area (Å²) in [4.78, 5) is 28.9. The van der Waals surface area contributed by atoms with Crippen LogP contribution in [0.15, 0.2) is 18.2 Å². The highest BCUT2D eigenvalue weighted by Crippen LogP contribution is 2.24. The summed E-state index contributed by atoms with van der Waals surface area (Å²) in [6, 6.07) is 3.22. The van der Waals surface area contributed by atoms with Crippen LogP contribution in [0.2, 0.25) is 0 Å². The van der Waals surface area contributed by atoms with Crippen LogP contribution < -0.4 is 0 Å². The highest BCUT2D eigenvalue weighted by Gasteiger charge is 2.30. The Morgan fingerprint density at radius 2 is 1.86 bits per heavy atom. The van der Waals surface area contributed by atoms with E-state index in [4.69, 9.17) is 0 Å². The van der Waals surface area contributed by atoms with E-state index in [1.54, 1.807) is 4.90 Å². The standard InChI is InChI=1S/C20H22F2N4O2/c21-14-5-4-13(16(22)11-14)10-18(27)26-9-6-17-15(12-26)19(24-23-17)20(28)25-7-2-1-3-8-25/h4-5,11H,1-3,6-10,12H2,(H,23,24). The van der Waals surface area contributed by atoms with Gasteiger partial charge in [0.25, 0.3) is 5.91 Å². The van der Waals surface area contributed by atoms with Gasteiger partial charge in [-0.25, -0.2) is 8.78 Å². The van der Waals surface area contributed by atoms with E-state index in [2.05, 4.69) is 10.2 Å². The molecule has 1 fully saturated rings. The minimum atomic E-state index is -0.727. The molecule has 1 N–H and O–H groups in total. The van der Waals surface area contributed by atoms with Gasteiger partial charge in [-0.15, -0.1) is 0 Å². The third-order valence-corrected chi connectivity index (χ3v) is 5.49. The molecule has 0 atom stereocenters. The van der Waals surface area contributed by atoms with Crippen molar-refractivity contribution in [2.75, 3.05) is 19.6 Å². The molecule has 0 radical (unpaired) electrons. The Morgan fingerprint density at radius 1 is 1.07 bits per heavy atom. The van der Waals surface area contributed by atoms with Crippen molar-refractivity contribution < 1.29 is 18.4 Å². The quantitative estimate of drug-likeness (QED) is 0.878. The summed E-state index contributed by atoms with van der Waals surface area (Å²) in [6.07, 6.45) is 3.53. The fraction of sp³-hybridized carbons (Fsp3) is 0.450. The molecule has 0 spiro atoms. The second-order valence-electron chi connectivity index (χ2n) is 7.36. The molecule has 4 rings (SSSR count). The predicted molar refractivity (Wildman–Crippen MR) is 97.5 cm³/mol. The number of hydrogen-bond donors (Lipinski definition) is 1. The fourth-order valence-electron chi connectivity index (χ4n) is 3.87. The zero-order valence-corrected chi connectivity index (χ0v) is 15.5. The Morgan fingerprint density at radius 3 is 2.61 bits per heavy atom. The Hall–Kier alpha value is -2.77. The van der Waals surface area contributed by atoms with Crippen LogP contribution in [0, 0.1) is 11.6 Å². The van der Waals surface area contributed by atoms with Gasteiger partial charge in [0.2, 0.25) is 5.91 Å². The van der Waals surface area contributed by atoms with Crippen molar-refractivity contribution in [2.24, 2.45) is 0 Å². The Bertz CT molecular complexity index is 906.